The molecule has 1 aromatic carbocycles. The van der Waals surface area contributed by atoms with Crippen LogP contribution in [0.4, 0.5) is 34.3 Å². The van der Waals surface area contributed by atoms with E-state index in [1.807, 2.05) is 31.2 Å². The summed E-state index contributed by atoms with van der Waals surface area (Å²) in [6, 6.07) is 8.40. The number of pyridine rings is 1. The number of amides is 3. The SMILES string of the molecule is Cc1ccc(NC(=O)N2CC[C@@H](CC(F)(F)F)C2)cc1-c1cc(C#CC(C)NC(=O)OC(C)(C)C)nc(N2CCOCC2)c1. The Kier molecular flexibility index (Phi) is 10.3. The molecular weight excluding hydrogens is 575 g/mol. The van der Waals surface area contributed by atoms with Gasteiger partial charge in [-0.25, -0.2) is 14.6 Å². The minimum absolute atomic E-state index is 0.0700. The van der Waals surface area contributed by atoms with Crippen LogP contribution in [-0.2, 0) is 9.47 Å². The summed E-state index contributed by atoms with van der Waals surface area (Å²) in [5.74, 6) is 6.24. The van der Waals surface area contributed by atoms with E-state index in [1.54, 1.807) is 33.8 Å². The van der Waals surface area contributed by atoms with Crippen LogP contribution < -0.4 is 15.5 Å². The van der Waals surface area contributed by atoms with Crippen molar-refractivity contribution in [1.82, 2.24) is 15.2 Å². The van der Waals surface area contributed by atoms with Crippen LogP contribution in [0.1, 0.15) is 51.8 Å². The van der Waals surface area contributed by atoms with Gasteiger partial charge < -0.3 is 29.9 Å². The van der Waals surface area contributed by atoms with E-state index in [-0.39, 0.29) is 13.1 Å². The number of rotatable bonds is 5. The number of benzene rings is 1. The maximum atomic E-state index is 12.9. The molecule has 2 aromatic rings. The number of nitrogens with zero attached hydrogens (tertiary/aromatic N) is 3. The molecule has 2 N–H and O–H groups in total. The molecule has 44 heavy (non-hydrogen) atoms. The molecule has 3 heterocycles. The first-order valence-corrected chi connectivity index (χ1v) is 14.7. The number of carbonyl (C=O) groups excluding carboxylic acids is 2. The van der Waals surface area contributed by atoms with Gasteiger partial charge in [0.2, 0.25) is 0 Å². The van der Waals surface area contributed by atoms with Crippen LogP contribution in [0.5, 0.6) is 0 Å². The molecule has 2 aliphatic heterocycles. The van der Waals surface area contributed by atoms with Crippen molar-refractivity contribution in [2.75, 3.05) is 49.6 Å². The van der Waals surface area contributed by atoms with E-state index in [4.69, 9.17) is 14.5 Å². The normalized spacial score (nSPS) is 17.9. The van der Waals surface area contributed by atoms with Crippen molar-refractivity contribution < 1.29 is 32.2 Å². The van der Waals surface area contributed by atoms with E-state index >= 15 is 0 Å². The summed E-state index contributed by atoms with van der Waals surface area (Å²) in [4.78, 5) is 33.4. The molecule has 4 rings (SSSR count). The third-order valence-electron chi connectivity index (χ3n) is 7.19. The lowest BCUT2D eigenvalue weighted by molar-refractivity contribution is -0.143. The van der Waals surface area contributed by atoms with Crippen LogP contribution in [0.3, 0.4) is 0 Å². The second-order valence-corrected chi connectivity index (χ2v) is 12.2. The third kappa shape index (κ3) is 9.77. The molecule has 0 spiro atoms. The van der Waals surface area contributed by atoms with Crippen molar-refractivity contribution in [3.8, 4) is 23.0 Å². The number of hydrogen-bond donors (Lipinski definition) is 2. The molecule has 9 nitrogen and oxygen atoms in total. The average molecular weight is 616 g/mol. The number of alkyl halides is 3. The Morgan fingerprint density at radius 1 is 1.14 bits per heavy atom. The summed E-state index contributed by atoms with van der Waals surface area (Å²) in [5, 5.41) is 5.57. The lowest BCUT2D eigenvalue weighted by atomic mass is 9.99. The number of likely N-dealkylation sites (tertiary alicyclic amines) is 1. The largest absolute Gasteiger partial charge is 0.444 e. The van der Waals surface area contributed by atoms with Crippen LogP contribution in [0.15, 0.2) is 30.3 Å². The van der Waals surface area contributed by atoms with Crippen molar-refractivity contribution in [3.05, 3.63) is 41.6 Å². The fraction of sp³-hybridized carbons (Fsp3) is 0.531. The topological polar surface area (TPSA) is 96.0 Å². The summed E-state index contributed by atoms with van der Waals surface area (Å²) in [5.41, 5.74) is 3.03. The summed E-state index contributed by atoms with van der Waals surface area (Å²) in [6.45, 7) is 11.9. The molecule has 2 atom stereocenters. The Labute approximate surface area is 256 Å². The Bertz CT molecular complexity index is 1410. The maximum Gasteiger partial charge on any atom is 0.408 e. The van der Waals surface area contributed by atoms with Gasteiger partial charge in [-0.3, -0.25) is 0 Å². The van der Waals surface area contributed by atoms with E-state index in [2.05, 4.69) is 27.4 Å². The van der Waals surface area contributed by atoms with E-state index < -0.39 is 42.3 Å². The van der Waals surface area contributed by atoms with E-state index in [9.17, 15) is 22.8 Å². The standard InChI is InChI=1S/C32H40F3N5O4/c1-21-6-8-26(38-29(41)40-11-10-23(20-40)19-32(33,34)35)18-27(21)24-16-25(37-28(17-24)39-12-14-43-15-13-39)9-7-22(2)36-30(42)44-31(3,4)5/h6,8,16-18,22-23H,10-15,19-20H2,1-5H3,(H,36,42)(H,38,41)/t22?,23-/m0/s1. The van der Waals surface area contributed by atoms with Gasteiger partial charge in [-0.2, -0.15) is 13.2 Å². The molecule has 1 unspecified atom stereocenters. The number of ether oxygens (including phenoxy) is 2. The Morgan fingerprint density at radius 2 is 1.86 bits per heavy atom. The van der Waals surface area contributed by atoms with E-state index in [0.717, 1.165) is 22.5 Å². The number of alkyl carbamates (subject to hydrolysis) is 1. The van der Waals surface area contributed by atoms with Gasteiger partial charge in [-0.05, 0) is 93.8 Å². The van der Waals surface area contributed by atoms with Gasteiger partial charge >= 0.3 is 18.3 Å². The van der Waals surface area contributed by atoms with Crippen LogP contribution in [0.25, 0.3) is 11.1 Å². The summed E-state index contributed by atoms with van der Waals surface area (Å²) in [7, 11) is 0. The minimum Gasteiger partial charge on any atom is -0.444 e. The Balaban J connectivity index is 1.56. The van der Waals surface area contributed by atoms with E-state index in [1.165, 1.54) is 4.90 Å². The Morgan fingerprint density at radius 3 is 2.55 bits per heavy atom. The first-order valence-electron chi connectivity index (χ1n) is 14.7. The number of hydrogen-bond acceptors (Lipinski definition) is 6. The number of nitrogens with one attached hydrogen (secondary N) is 2. The number of carbonyl (C=O) groups is 2. The van der Waals surface area contributed by atoms with Gasteiger partial charge in [0, 0.05) is 38.3 Å². The molecular formula is C32H40F3N5O4. The van der Waals surface area contributed by atoms with Crippen LogP contribution in [0, 0.1) is 24.7 Å². The van der Waals surface area contributed by atoms with Crippen LogP contribution >= 0.6 is 0 Å². The minimum atomic E-state index is -4.25. The summed E-state index contributed by atoms with van der Waals surface area (Å²) < 4.78 is 49.3. The fourth-order valence-electron chi connectivity index (χ4n) is 5.12. The van der Waals surface area contributed by atoms with Crippen molar-refractivity contribution in [3.63, 3.8) is 0 Å². The molecule has 0 bridgehead atoms. The molecule has 2 fully saturated rings. The second-order valence-electron chi connectivity index (χ2n) is 12.2. The third-order valence-corrected chi connectivity index (χ3v) is 7.19. The average Bonchev–Trinajstić information content (AvgIpc) is 3.39. The molecule has 3 amide bonds. The van der Waals surface area contributed by atoms with Crippen molar-refractivity contribution >= 4 is 23.6 Å². The quantitative estimate of drug-likeness (QED) is 0.403. The highest BCUT2D eigenvalue weighted by atomic mass is 19.4. The molecule has 2 aliphatic rings. The predicted molar refractivity (Wildman–Crippen MR) is 163 cm³/mol. The Hall–Kier alpha value is -3.98. The first kappa shape index (κ1) is 32.9. The van der Waals surface area contributed by atoms with Gasteiger partial charge in [0.05, 0.1) is 19.3 Å². The maximum absolute atomic E-state index is 12.9. The molecule has 0 radical (unpaired) electrons. The molecule has 12 heteroatoms. The van der Waals surface area contributed by atoms with Crippen molar-refractivity contribution in [2.24, 2.45) is 5.92 Å². The molecule has 1 aromatic heterocycles. The van der Waals surface area contributed by atoms with Gasteiger partial charge in [0.25, 0.3) is 0 Å². The van der Waals surface area contributed by atoms with Crippen molar-refractivity contribution in [2.45, 2.75) is 65.3 Å². The highest BCUT2D eigenvalue weighted by Gasteiger charge is 2.36. The molecule has 0 saturated carbocycles. The second kappa shape index (κ2) is 13.8. The van der Waals surface area contributed by atoms with Gasteiger partial charge in [0.1, 0.15) is 17.1 Å². The lowest BCUT2D eigenvalue weighted by Gasteiger charge is -2.28. The number of aromatic nitrogens is 1. The molecule has 238 valence electrons. The first-order chi connectivity index (χ1) is 20.6. The fourth-order valence-corrected chi connectivity index (χ4v) is 5.12. The smallest absolute Gasteiger partial charge is 0.408 e. The zero-order valence-corrected chi connectivity index (χ0v) is 25.8. The lowest BCUT2D eigenvalue weighted by Crippen LogP contribution is -2.37. The van der Waals surface area contributed by atoms with Gasteiger partial charge in [-0.15, -0.1) is 0 Å². The monoisotopic (exact) mass is 615 g/mol. The van der Waals surface area contributed by atoms with Crippen molar-refractivity contribution in [1.29, 1.82) is 0 Å². The van der Waals surface area contributed by atoms with Crippen LogP contribution in [-0.4, -0.2) is 79.2 Å². The molecule has 2 saturated heterocycles. The number of halogens is 3. The van der Waals surface area contributed by atoms with Gasteiger partial charge in [-0.1, -0.05) is 12.0 Å². The summed E-state index contributed by atoms with van der Waals surface area (Å²) >= 11 is 0. The number of urea groups is 1. The van der Waals surface area contributed by atoms with E-state index in [0.29, 0.717) is 44.1 Å². The highest BCUT2D eigenvalue weighted by molar-refractivity contribution is 5.90. The van der Waals surface area contributed by atoms with Gasteiger partial charge in [0.15, 0.2) is 0 Å². The highest BCUT2D eigenvalue weighted by Crippen LogP contribution is 2.32. The number of anilines is 2. The van der Waals surface area contributed by atoms with Crippen LogP contribution in [0.2, 0.25) is 0 Å². The zero-order chi connectivity index (χ0) is 32.1. The molecule has 0 aliphatic carbocycles. The summed E-state index contributed by atoms with van der Waals surface area (Å²) in [6.07, 6.45) is -5.37. The zero-order valence-electron chi connectivity index (χ0n) is 25.8. The predicted octanol–water partition coefficient (Wildman–Crippen LogP) is 5.96. The number of aryl methyl sites for hydroxylation is 1. The number of morpholine rings is 1.